The molecule has 0 amide bonds. The summed E-state index contributed by atoms with van der Waals surface area (Å²) in [7, 11) is 3.38. The van der Waals surface area contributed by atoms with Gasteiger partial charge in [-0.25, -0.2) is 0 Å². The van der Waals surface area contributed by atoms with Crippen LogP contribution in [0.2, 0.25) is 0 Å². The highest BCUT2D eigenvalue weighted by atomic mass is 16.5. The van der Waals surface area contributed by atoms with Crippen LogP contribution in [0.1, 0.15) is 52.7 Å². The van der Waals surface area contributed by atoms with Crippen molar-refractivity contribution in [1.29, 1.82) is 0 Å². The Morgan fingerprint density at radius 2 is 1.22 bits per heavy atom. The van der Waals surface area contributed by atoms with Crippen molar-refractivity contribution >= 4 is 5.69 Å². The van der Waals surface area contributed by atoms with E-state index in [4.69, 9.17) is 19.9 Å². The van der Waals surface area contributed by atoms with Crippen molar-refractivity contribution in [3.05, 3.63) is 155 Å². The molecule has 46 heavy (non-hydrogen) atoms. The fourth-order valence-corrected chi connectivity index (χ4v) is 5.78. The number of hydrogen-bond donors (Lipinski definition) is 2. The molecule has 5 rings (SSSR count). The predicted octanol–water partition coefficient (Wildman–Crippen LogP) is 8.01. The molecule has 0 aliphatic heterocycles. The minimum atomic E-state index is -0.701. The zero-order valence-corrected chi connectivity index (χ0v) is 26.7. The SMILES string of the molecule is COc1ccc(C(CCCN(Cc2ccccc2)CC(O)c2ccc(OCc3ccccc3)c(N)c2)c2ccc(OC)cc2)cc1. The second-order valence-corrected chi connectivity index (χ2v) is 11.5. The summed E-state index contributed by atoms with van der Waals surface area (Å²) in [4.78, 5) is 2.33. The Kier molecular flexibility index (Phi) is 11.7. The summed E-state index contributed by atoms with van der Waals surface area (Å²) >= 11 is 0. The topological polar surface area (TPSA) is 77.2 Å². The van der Waals surface area contributed by atoms with E-state index in [1.54, 1.807) is 14.2 Å². The highest BCUT2D eigenvalue weighted by Gasteiger charge is 2.19. The molecule has 6 nitrogen and oxygen atoms in total. The van der Waals surface area contributed by atoms with Gasteiger partial charge in [0.25, 0.3) is 0 Å². The molecule has 238 valence electrons. The van der Waals surface area contributed by atoms with Gasteiger partial charge in [-0.2, -0.15) is 0 Å². The minimum Gasteiger partial charge on any atom is -0.497 e. The number of nitrogens with two attached hydrogens (primary N) is 1. The van der Waals surface area contributed by atoms with Crippen molar-refractivity contribution in [2.24, 2.45) is 0 Å². The average molecular weight is 617 g/mol. The van der Waals surface area contributed by atoms with Gasteiger partial charge in [0.2, 0.25) is 0 Å². The number of aliphatic hydroxyl groups excluding tert-OH is 1. The molecule has 5 aromatic carbocycles. The lowest BCUT2D eigenvalue weighted by Gasteiger charge is -2.27. The molecule has 0 saturated carbocycles. The van der Waals surface area contributed by atoms with Gasteiger partial charge in [-0.05, 0) is 83.6 Å². The Hall–Kier alpha value is -4.78. The van der Waals surface area contributed by atoms with Crippen molar-refractivity contribution in [2.45, 2.75) is 38.0 Å². The molecule has 3 N–H and O–H groups in total. The number of nitrogen functional groups attached to an aromatic ring is 1. The largest absolute Gasteiger partial charge is 0.497 e. The monoisotopic (exact) mass is 616 g/mol. The second-order valence-electron chi connectivity index (χ2n) is 11.5. The van der Waals surface area contributed by atoms with E-state index in [1.807, 2.05) is 78.9 Å². The summed E-state index contributed by atoms with van der Waals surface area (Å²) in [6.45, 7) is 2.48. The van der Waals surface area contributed by atoms with Crippen LogP contribution in [-0.2, 0) is 13.2 Å². The minimum absolute atomic E-state index is 0.212. The maximum Gasteiger partial charge on any atom is 0.142 e. The number of anilines is 1. The summed E-state index contributed by atoms with van der Waals surface area (Å²) in [6.07, 6.45) is 1.19. The summed E-state index contributed by atoms with van der Waals surface area (Å²) in [6, 6.07) is 42.7. The van der Waals surface area contributed by atoms with E-state index in [2.05, 4.69) is 53.4 Å². The van der Waals surface area contributed by atoms with E-state index in [1.165, 1.54) is 16.7 Å². The Bertz CT molecular complexity index is 1560. The number of benzene rings is 5. The van der Waals surface area contributed by atoms with Crippen molar-refractivity contribution in [3.8, 4) is 17.2 Å². The van der Waals surface area contributed by atoms with Crippen LogP contribution in [0.25, 0.3) is 0 Å². The number of hydrogen-bond acceptors (Lipinski definition) is 6. The van der Waals surface area contributed by atoms with Gasteiger partial charge in [-0.15, -0.1) is 0 Å². The van der Waals surface area contributed by atoms with Gasteiger partial charge in [0.15, 0.2) is 0 Å². The number of aliphatic hydroxyl groups is 1. The first-order valence-electron chi connectivity index (χ1n) is 15.8. The van der Waals surface area contributed by atoms with Crippen LogP contribution in [0.5, 0.6) is 17.2 Å². The molecule has 1 unspecified atom stereocenters. The third kappa shape index (κ3) is 9.13. The molecule has 0 aliphatic carbocycles. The molecular formula is C40H44N2O4. The van der Waals surface area contributed by atoms with Gasteiger partial charge >= 0.3 is 0 Å². The van der Waals surface area contributed by atoms with Gasteiger partial charge in [-0.3, -0.25) is 4.90 Å². The third-order valence-corrected chi connectivity index (χ3v) is 8.34. The summed E-state index contributed by atoms with van der Waals surface area (Å²) < 4.78 is 16.8. The van der Waals surface area contributed by atoms with E-state index < -0.39 is 6.10 Å². The van der Waals surface area contributed by atoms with Crippen LogP contribution in [-0.4, -0.2) is 37.3 Å². The summed E-state index contributed by atoms with van der Waals surface area (Å²) in [5, 5.41) is 11.4. The zero-order chi connectivity index (χ0) is 32.1. The maximum absolute atomic E-state index is 11.4. The molecule has 0 radical (unpaired) electrons. The highest BCUT2D eigenvalue weighted by Crippen LogP contribution is 2.32. The van der Waals surface area contributed by atoms with E-state index in [0.29, 0.717) is 24.6 Å². The van der Waals surface area contributed by atoms with Gasteiger partial charge in [-0.1, -0.05) is 91.0 Å². The highest BCUT2D eigenvalue weighted by molar-refractivity contribution is 5.54. The number of methoxy groups -OCH3 is 2. The molecular weight excluding hydrogens is 572 g/mol. The van der Waals surface area contributed by atoms with Crippen LogP contribution in [0.4, 0.5) is 5.69 Å². The molecule has 1 atom stereocenters. The molecule has 0 aliphatic rings. The van der Waals surface area contributed by atoms with E-state index >= 15 is 0 Å². The summed E-state index contributed by atoms with van der Waals surface area (Å²) in [5.74, 6) is 2.51. The Labute approximate surface area is 273 Å². The first-order valence-corrected chi connectivity index (χ1v) is 15.8. The average Bonchev–Trinajstić information content (AvgIpc) is 3.10. The Morgan fingerprint density at radius 1 is 0.674 bits per heavy atom. The Morgan fingerprint density at radius 3 is 1.76 bits per heavy atom. The zero-order valence-electron chi connectivity index (χ0n) is 26.7. The number of nitrogens with zero attached hydrogens (tertiary/aromatic N) is 1. The molecule has 0 aromatic heterocycles. The van der Waals surface area contributed by atoms with Crippen LogP contribution < -0.4 is 19.9 Å². The number of ether oxygens (including phenoxy) is 3. The van der Waals surface area contributed by atoms with Gasteiger partial charge in [0.1, 0.15) is 23.9 Å². The maximum atomic E-state index is 11.4. The van der Waals surface area contributed by atoms with Crippen molar-refractivity contribution in [1.82, 2.24) is 4.90 Å². The lowest BCUT2D eigenvalue weighted by Crippen LogP contribution is -2.29. The Balaban J connectivity index is 1.27. The van der Waals surface area contributed by atoms with Crippen LogP contribution in [0, 0.1) is 0 Å². The fraction of sp³-hybridized carbons (Fsp3) is 0.250. The van der Waals surface area contributed by atoms with Gasteiger partial charge in [0, 0.05) is 19.0 Å². The molecule has 0 heterocycles. The smallest absolute Gasteiger partial charge is 0.142 e. The van der Waals surface area contributed by atoms with Gasteiger partial charge < -0.3 is 25.1 Å². The van der Waals surface area contributed by atoms with Crippen molar-refractivity contribution in [2.75, 3.05) is 33.0 Å². The van der Waals surface area contributed by atoms with Crippen LogP contribution >= 0.6 is 0 Å². The quantitative estimate of drug-likeness (QED) is 0.109. The lowest BCUT2D eigenvalue weighted by atomic mass is 9.87. The fourth-order valence-electron chi connectivity index (χ4n) is 5.78. The molecule has 0 saturated heterocycles. The van der Waals surface area contributed by atoms with Crippen LogP contribution in [0.15, 0.2) is 127 Å². The van der Waals surface area contributed by atoms with Crippen molar-refractivity contribution < 1.29 is 19.3 Å². The molecule has 5 aromatic rings. The predicted molar refractivity (Wildman–Crippen MR) is 185 cm³/mol. The van der Waals surface area contributed by atoms with Crippen LogP contribution in [0.3, 0.4) is 0 Å². The van der Waals surface area contributed by atoms with E-state index in [9.17, 15) is 5.11 Å². The normalized spacial score (nSPS) is 11.8. The summed E-state index contributed by atoms with van der Waals surface area (Å²) in [5.41, 5.74) is 12.4. The van der Waals surface area contributed by atoms with Gasteiger partial charge in [0.05, 0.1) is 26.0 Å². The molecule has 0 spiro atoms. The first-order chi connectivity index (χ1) is 22.5. The third-order valence-electron chi connectivity index (χ3n) is 8.34. The first kappa shape index (κ1) is 32.6. The molecule has 6 heteroatoms. The lowest BCUT2D eigenvalue weighted by molar-refractivity contribution is 0.107. The number of rotatable bonds is 16. The van der Waals surface area contributed by atoms with E-state index in [0.717, 1.165) is 48.6 Å². The van der Waals surface area contributed by atoms with Crippen molar-refractivity contribution in [3.63, 3.8) is 0 Å². The second kappa shape index (κ2) is 16.5. The molecule has 0 bridgehead atoms. The van der Waals surface area contributed by atoms with E-state index in [-0.39, 0.29) is 5.92 Å². The molecule has 0 fully saturated rings. The standard InChI is InChI=1S/C40H44N2O4/c1-44-35-20-15-32(16-21-35)37(33-17-22-36(45-2)23-18-33)14-9-25-42(27-30-10-5-3-6-11-30)28-39(43)34-19-24-40(38(41)26-34)46-29-31-12-7-4-8-13-31/h3-8,10-13,15-24,26,37,39,43H,9,14,25,27-29,41H2,1-2H3.